The third-order valence-corrected chi connectivity index (χ3v) is 13.6. The highest BCUT2D eigenvalue weighted by atomic mass is 16.7. The third kappa shape index (κ3) is 11.3. The largest absolute Gasteiger partial charge is 0.507 e. The lowest BCUT2D eigenvalue weighted by atomic mass is 9.78. The number of amides is 1. The summed E-state index contributed by atoms with van der Waals surface area (Å²) < 4.78 is 23.8. The van der Waals surface area contributed by atoms with Crippen molar-refractivity contribution < 1.29 is 58.9 Å². The zero-order chi connectivity index (χ0) is 48.6. The van der Waals surface area contributed by atoms with Crippen LogP contribution in [0.2, 0.25) is 0 Å². The number of fused-ring (bicyclic) bond motifs is 14. The van der Waals surface area contributed by atoms with E-state index < -0.39 is 88.8 Å². The van der Waals surface area contributed by atoms with E-state index in [0.29, 0.717) is 13.1 Å². The number of carbonyl (C=O) groups is 3. The van der Waals surface area contributed by atoms with Gasteiger partial charge in [-0.1, -0.05) is 85.0 Å². The van der Waals surface area contributed by atoms with Crippen LogP contribution in [0.1, 0.15) is 115 Å². The van der Waals surface area contributed by atoms with Gasteiger partial charge in [-0.25, -0.2) is 0 Å². The molecule has 2 aromatic rings. The Kier molecular flexibility index (Phi) is 17.7. The van der Waals surface area contributed by atoms with E-state index in [1.54, 1.807) is 46.8 Å². The molecular formula is C50H72N4O12. The molecule has 1 fully saturated rings. The molecule has 1 saturated heterocycles. The van der Waals surface area contributed by atoms with E-state index in [1.165, 1.54) is 84.6 Å². The van der Waals surface area contributed by atoms with E-state index in [9.17, 15) is 39.9 Å². The Morgan fingerprint density at radius 3 is 2.23 bits per heavy atom. The van der Waals surface area contributed by atoms with Crippen molar-refractivity contribution in [2.45, 2.75) is 131 Å². The number of Topliss-reactive ketones (excluding diaryl/α,β-unsaturated/α-hetero) is 1. The molecule has 4 aliphatic rings. The Morgan fingerprint density at radius 2 is 1.58 bits per heavy atom. The molecule has 6 N–H and O–H groups in total. The number of hydrazone groups is 1. The standard InChI is InChI=1S/C50H72N4O12/c1-11-12-13-14-15-16-21-53-22-24-54(25-23-53)51-27-35-40-45(60)38-37(44(35)59)39-47(33(7)43(38)58)66-50(9,48(39)61)64-26-20-36(63-10)30(4)46(65-34(8)55)32(6)42(57)31(5)41(56)28(2)18-17-19-29(3)49(62)52-40/h17-20,26-28,30-32,36,41-42,46,56-60H,11-16,21-25H2,1-10H3,(H,52,62). The number of aliphatic hydroxyl groups is 2. The average Bonchev–Trinajstić information content (AvgIpc) is 3.55. The Labute approximate surface area is 388 Å². The van der Waals surface area contributed by atoms with E-state index in [1.807, 2.05) is 5.01 Å². The lowest BCUT2D eigenvalue weighted by molar-refractivity contribution is -0.160. The van der Waals surface area contributed by atoms with Gasteiger partial charge in [0.25, 0.3) is 11.7 Å². The molecule has 4 aliphatic heterocycles. The highest BCUT2D eigenvalue weighted by molar-refractivity contribution is 6.23. The topological polar surface area (TPSA) is 220 Å². The minimum atomic E-state index is -2.05. The van der Waals surface area contributed by atoms with E-state index in [2.05, 4.69) is 22.2 Å². The summed E-state index contributed by atoms with van der Waals surface area (Å²) in [5.41, 5.74) is -0.303. The van der Waals surface area contributed by atoms with Gasteiger partial charge in [-0.3, -0.25) is 24.3 Å². The number of unbranched alkanes of at least 4 members (excludes halogenated alkanes) is 5. The van der Waals surface area contributed by atoms with Crippen LogP contribution >= 0.6 is 0 Å². The van der Waals surface area contributed by atoms with Crippen LogP contribution in [0.3, 0.4) is 0 Å². The summed E-state index contributed by atoms with van der Waals surface area (Å²) in [6, 6.07) is 0. The fourth-order valence-electron chi connectivity index (χ4n) is 9.20. The summed E-state index contributed by atoms with van der Waals surface area (Å²) in [5.74, 6) is -8.30. The number of allylic oxidation sites excluding steroid dienone is 2. The first-order valence-electron chi connectivity index (χ1n) is 23.4. The highest BCUT2D eigenvalue weighted by Gasteiger charge is 2.50. The van der Waals surface area contributed by atoms with E-state index in [4.69, 9.17) is 18.9 Å². The summed E-state index contributed by atoms with van der Waals surface area (Å²) in [5, 5.41) is 67.7. The number of hydrogen-bond donors (Lipinski definition) is 6. The van der Waals surface area contributed by atoms with Crippen LogP contribution in [0.4, 0.5) is 5.69 Å². The number of hydrogen-bond acceptors (Lipinski definition) is 15. The monoisotopic (exact) mass is 921 g/mol. The van der Waals surface area contributed by atoms with Gasteiger partial charge >= 0.3 is 11.8 Å². The minimum absolute atomic E-state index is 0.0619. The third-order valence-electron chi connectivity index (χ3n) is 13.6. The van der Waals surface area contributed by atoms with Gasteiger partial charge in [0.15, 0.2) is 5.75 Å². The molecule has 9 atom stereocenters. The van der Waals surface area contributed by atoms with Gasteiger partial charge in [-0.2, -0.15) is 5.10 Å². The molecule has 0 spiro atoms. The van der Waals surface area contributed by atoms with Gasteiger partial charge in [0.2, 0.25) is 0 Å². The Bertz CT molecular complexity index is 2200. The number of aromatic hydroxyl groups is 3. The number of anilines is 1. The molecule has 1 amide bonds. The molecule has 16 nitrogen and oxygen atoms in total. The highest BCUT2D eigenvalue weighted by Crippen LogP contribution is 2.55. The summed E-state index contributed by atoms with van der Waals surface area (Å²) >= 11 is 0. The Balaban J connectivity index is 1.60. The van der Waals surface area contributed by atoms with Crippen LogP contribution in [0.15, 0.2) is 41.2 Å². The van der Waals surface area contributed by atoms with E-state index in [0.717, 1.165) is 26.1 Å². The lowest BCUT2D eigenvalue weighted by Crippen LogP contribution is -2.46. The number of ketones is 1. The van der Waals surface area contributed by atoms with Crippen molar-refractivity contribution in [2.24, 2.45) is 28.8 Å². The number of esters is 1. The van der Waals surface area contributed by atoms with E-state index in [-0.39, 0.29) is 44.5 Å². The van der Waals surface area contributed by atoms with Crippen molar-refractivity contribution in [1.29, 1.82) is 0 Å². The van der Waals surface area contributed by atoms with E-state index >= 15 is 0 Å². The number of benzene rings is 2. The van der Waals surface area contributed by atoms with Crippen LogP contribution in [-0.2, 0) is 23.8 Å². The quantitative estimate of drug-likeness (QED) is 0.0437. The molecule has 364 valence electrons. The van der Waals surface area contributed by atoms with Gasteiger partial charge < -0.3 is 49.8 Å². The number of piperazine rings is 1. The summed E-state index contributed by atoms with van der Waals surface area (Å²) in [6.45, 7) is 18.5. The van der Waals surface area contributed by atoms with Crippen LogP contribution in [-0.4, -0.2) is 129 Å². The van der Waals surface area contributed by atoms with Gasteiger partial charge in [0.05, 0.1) is 53.0 Å². The maximum Gasteiger partial charge on any atom is 0.312 e. The lowest BCUT2D eigenvalue weighted by Gasteiger charge is -2.38. The molecule has 6 rings (SSSR count). The van der Waals surface area contributed by atoms with Crippen LogP contribution in [0.25, 0.3) is 10.8 Å². The second-order valence-corrected chi connectivity index (χ2v) is 18.4. The number of nitrogens with one attached hydrogen (secondary N) is 1. The first kappa shape index (κ1) is 51.8. The fourth-order valence-corrected chi connectivity index (χ4v) is 9.20. The smallest absolute Gasteiger partial charge is 0.312 e. The second kappa shape index (κ2) is 22.6. The summed E-state index contributed by atoms with van der Waals surface area (Å²) in [7, 11) is 1.44. The number of phenolic OH excluding ortho intramolecular Hbond substituents is 3. The second-order valence-electron chi connectivity index (χ2n) is 18.4. The number of carbonyl (C=O) groups excluding carboxylic acids is 3. The summed E-state index contributed by atoms with van der Waals surface area (Å²) in [6.07, 6.45) is 12.2. The predicted molar refractivity (Wildman–Crippen MR) is 253 cm³/mol. The number of rotatable bonds is 11. The predicted octanol–water partition coefficient (Wildman–Crippen LogP) is 7.07. The van der Waals surface area contributed by atoms with Gasteiger partial charge in [0, 0.05) is 87.3 Å². The van der Waals surface area contributed by atoms with Crippen LogP contribution < -0.4 is 10.1 Å². The SMILES string of the molecule is CCCCCCCCN1CCN(N=Cc2c3c(O)c4c(O)c(C)c5c(c4c2O)C(=O)C(C)(OC=CC(OC)C(C)C(OC(C)=O)C(C)C(O)C(C)C(O)C(C)C=CC=C(C)C(=O)N3)O5)CC1. The molecule has 0 saturated carbocycles. The fraction of sp³-hybridized carbons (Fsp3) is 0.600. The molecule has 0 aromatic heterocycles. The first-order valence-corrected chi connectivity index (χ1v) is 23.4. The number of aliphatic hydroxyl groups excluding tert-OH is 2. The van der Waals surface area contributed by atoms with Crippen molar-refractivity contribution >= 4 is 40.3 Å². The average molecular weight is 921 g/mol. The first-order chi connectivity index (χ1) is 31.3. The molecule has 16 heteroatoms. The zero-order valence-electron chi connectivity index (χ0n) is 40.3. The van der Waals surface area contributed by atoms with Crippen molar-refractivity contribution in [3.63, 3.8) is 0 Å². The molecule has 2 aromatic carbocycles. The van der Waals surface area contributed by atoms with Crippen molar-refractivity contribution in [1.82, 2.24) is 9.91 Å². The number of nitrogens with zero attached hydrogens (tertiary/aromatic N) is 3. The zero-order valence-corrected chi connectivity index (χ0v) is 40.3. The Morgan fingerprint density at radius 1 is 0.909 bits per heavy atom. The van der Waals surface area contributed by atoms with Crippen molar-refractivity contribution in [2.75, 3.05) is 45.2 Å². The van der Waals surface area contributed by atoms with Crippen molar-refractivity contribution in [3.05, 3.63) is 52.8 Å². The molecule has 66 heavy (non-hydrogen) atoms. The maximum absolute atomic E-state index is 14.6. The Hall–Kier alpha value is -5.16. The molecule has 9 unspecified atom stereocenters. The molecule has 0 aliphatic carbocycles. The van der Waals surface area contributed by atoms with Gasteiger partial charge in [-0.15, -0.1) is 0 Å². The van der Waals surface area contributed by atoms with Crippen LogP contribution in [0.5, 0.6) is 23.0 Å². The van der Waals surface area contributed by atoms with Gasteiger partial charge in [0.1, 0.15) is 23.4 Å². The van der Waals surface area contributed by atoms with Crippen molar-refractivity contribution in [3.8, 4) is 23.0 Å². The minimum Gasteiger partial charge on any atom is -0.507 e. The summed E-state index contributed by atoms with van der Waals surface area (Å²) in [4.78, 5) is 43.2. The normalized spacial score (nSPS) is 28.2. The number of phenols is 3. The molecule has 0 radical (unpaired) electrons. The van der Waals surface area contributed by atoms with Crippen LogP contribution in [0, 0.1) is 30.6 Å². The molecule has 5 bridgehead atoms. The maximum atomic E-state index is 14.6. The van der Waals surface area contributed by atoms with Gasteiger partial charge in [-0.05, 0) is 32.9 Å². The number of ether oxygens (including phenoxy) is 4. The number of methoxy groups -OCH3 is 1. The molecular weight excluding hydrogens is 849 g/mol. The molecule has 4 heterocycles.